The number of benzene rings is 2. The fourth-order valence-corrected chi connectivity index (χ4v) is 5.37. The Morgan fingerprint density at radius 2 is 1.31 bits per heavy atom. The van der Waals surface area contributed by atoms with Crippen molar-refractivity contribution in [1.29, 1.82) is 0 Å². The molecule has 1 atom stereocenters. The highest BCUT2D eigenvalue weighted by molar-refractivity contribution is 7.51. The summed E-state index contributed by atoms with van der Waals surface area (Å²) in [7, 11) is -0.470. The van der Waals surface area contributed by atoms with Crippen molar-refractivity contribution in [1.82, 2.24) is 5.09 Å². The number of methoxy groups -OCH3 is 2. The van der Waals surface area contributed by atoms with Gasteiger partial charge in [-0.3, -0.25) is 13.8 Å². The zero-order chi connectivity index (χ0) is 26.9. The van der Waals surface area contributed by atoms with Gasteiger partial charge in [0.05, 0.1) is 32.5 Å². The van der Waals surface area contributed by atoms with E-state index < -0.39 is 13.8 Å². The second-order valence-corrected chi connectivity index (χ2v) is 10.9. The van der Waals surface area contributed by atoms with Crippen molar-refractivity contribution in [2.75, 3.05) is 19.5 Å². The summed E-state index contributed by atoms with van der Waals surface area (Å²) in [5.41, 5.74) is 2.51. The van der Waals surface area contributed by atoms with Crippen LogP contribution in [0, 0.1) is 5.92 Å². The van der Waals surface area contributed by atoms with Crippen molar-refractivity contribution in [3.8, 4) is 11.5 Å². The fraction of sp³-hybridized carbons (Fsp3) is 0.444. The lowest BCUT2D eigenvalue weighted by atomic mass is 10.0. The number of carbonyl (C=O) groups excluding carboxylic acids is 1. The largest absolute Gasteiger partial charge is 0.497 e. The van der Waals surface area contributed by atoms with Crippen LogP contribution in [0.25, 0.3) is 12.2 Å². The topological polar surface area (TPSA) is 95.1 Å². The van der Waals surface area contributed by atoms with E-state index in [4.69, 9.17) is 18.5 Å². The second kappa shape index (κ2) is 13.6. The normalized spacial score (nSPS) is 13.0. The maximum absolute atomic E-state index is 13.3. The first-order valence-corrected chi connectivity index (χ1v) is 13.6. The van der Waals surface area contributed by atoms with E-state index in [1.54, 1.807) is 41.9 Å². The lowest BCUT2D eigenvalue weighted by Crippen LogP contribution is -2.43. The van der Waals surface area contributed by atoms with Crippen molar-refractivity contribution in [2.45, 2.75) is 59.8 Å². The first-order chi connectivity index (χ1) is 16.9. The molecule has 2 N–H and O–H groups in total. The Morgan fingerprint density at radius 3 is 1.75 bits per heavy atom. The summed E-state index contributed by atoms with van der Waals surface area (Å²) in [6, 6.07) is 12.3. The van der Waals surface area contributed by atoms with Crippen LogP contribution in [0.1, 0.15) is 52.7 Å². The average Bonchev–Trinajstić information content (AvgIpc) is 2.80. The van der Waals surface area contributed by atoms with E-state index in [1.807, 2.05) is 68.5 Å². The predicted molar refractivity (Wildman–Crippen MR) is 145 cm³/mol. The number of carbonyl (C=O) groups is 1. The number of rotatable bonds is 13. The molecule has 0 spiro atoms. The van der Waals surface area contributed by atoms with Crippen LogP contribution in [-0.4, -0.2) is 38.4 Å². The zero-order valence-electron chi connectivity index (χ0n) is 22.4. The molecule has 0 aromatic heterocycles. The molecule has 0 aliphatic heterocycles. The minimum absolute atomic E-state index is 0.160. The summed E-state index contributed by atoms with van der Waals surface area (Å²) in [6.07, 6.45) is 3.24. The molecule has 0 bridgehead atoms. The molecule has 2 aromatic rings. The third-order valence-corrected chi connectivity index (χ3v) is 6.96. The van der Waals surface area contributed by atoms with Gasteiger partial charge in [-0.2, -0.15) is 0 Å². The highest BCUT2D eigenvalue weighted by Gasteiger charge is 2.35. The highest BCUT2D eigenvalue weighted by Crippen LogP contribution is 2.47. The lowest BCUT2D eigenvalue weighted by Gasteiger charge is -2.29. The highest BCUT2D eigenvalue weighted by atomic mass is 31.2. The molecular formula is C27H39N2O6P. The molecule has 1 amide bonds. The predicted octanol–water partition coefficient (Wildman–Crippen LogP) is 6.39. The third kappa shape index (κ3) is 9.43. The average molecular weight is 519 g/mol. The standard InChI is InChI=1S/C27H39N2O6P/c1-18(2)26(29-36(31,34-19(3)4)35-20(5)6)27(30)28-23-13-11-21(12-14-23)9-10-22-15-24(32-7)17-25(16-22)33-8/h9-20,26H,1-8H3,(H,28,30)(H,29,31)/b10-9+/t26-/m0/s1. The molecule has 2 rings (SSSR count). The van der Waals surface area contributed by atoms with E-state index in [2.05, 4.69) is 10.4 Å². The molecule has 0 heterocycles. The summed E-state index contributed by atoms with van der Waals surface area (Å²) >= 11 is 0. The van der Waals surface area contributed by atoms with Crippen LogP contribution < -0.4 is 19.9 Å². The molecule has 0 aliphatic rings. The molecule has 0 unspecified atom stereocenters. The zero-order valence-corrected chi connectivity index (χ0v) is 23.3. The smallest absolute Gasteiger partial charge is 0.406 e. The molecule has 9 heteroatoms. The van der Waals surface area contributed by atoms with Gasteiger partial charge in [0.2, 0.25) is 5.91 Å². The van der Waals surface area contributed by atoms with Gasteiger partial charge < -0.3 is 14.8 Å². The van der Waals surface area contributed by atoms with Crippen molar-refractivity contribution in [3.05, 3.63) is 53.6 Å². The van der Waals surface area contributed by atoms with Crippen molar-refractivity contribution < 1.29 is 27.9 Å². The molecule has 198 valence electrons. The minimum atomic E-state index is -3.70. The van der Waals surface area contributed by atoms with Gasteiger partial charge in [0, 0.05) is 11.8 Å². The summed E-state index contributed by atoms with van der Waals surface area (Å²) in [5, 5.41) is 5.74. The van der Waals surface area contributed by atoms with Gasteiger partial charge in [0.1, 0.15) is 11.5 Å². The van der Waals surface area contributed by atoms with Gasteiger partial charge >= 0.3 is 7.75 Å². The molecule has 0 saturated carbocycles. The van der Waals surface area contributed by atoms with Gasteiger partial charge in [0.25, 0.3) is 0 Å². The quantitative estimate of drug-likeness (QED) is 0.234. The van der Waals surface area contributed by atoms with E-state index >= 15 is 0 Å². The molecule has 0 aliphatic carbocycles. The van der Waals surface area contributed by atoms with Gasteiger partial charge in [-0.25, -0.2) is 9.65 Å². The monoisotopic (exact) mass is 518 g/mol. The molecule has 0 fully saturated rings. The molecule has 36 heavy (non-hydrogen) atoms. The van der Waals surface area contributed by atoms with E-state index in [0.717, 1.165) is 11.1 Å². The number of amides is 1. The van der Waals surface area contributed by atoms with Gasteiger partial charge in [0.15, 0.2) is 0 Å². The van der Waals surface area contributed by atoms with E-state index in [9.17, 15) is 9.36 Å². The summed E-state index contributed by atoms with van der Waals surface area (Å²) in [5.74, 6) is 0.939. The Balaban J connectivity index is 2.12. The van der Waals surface area contributed by atoms with E-state index in [1.165, 1.54) is 0 Å². The summed E-state index contributed by atoms with van der Waals surface area (Å²) < 4.78 is 35.0. The van der Waals surface area contributed by atoms with Crippen LogP contribution in [0.5, 0.6) is 11.5 Å². The maximum atomic E-state index is 13.3. The Hall–Kier alpha value is -2.64. The van der Waals surface area contributed by atoms with Gasteiger partial charge in [-0.05, 0) is 69.0 Å². The van der Waals surface area contributed by atoms with Crippen molar-refractivity contribution in [2.24, 2.45) is 5.92 Å². The molecule has 0 radical (unpaired) electrons. The van der Waals surface area contributed by atoms with Crippen molar-refractivity contribution >= 4 is 31.5 Å². The van der Waals surface area contributed by atoms with E-state index in [0.29, 0.717) is 17.2 Å². The Bertz CT molecular complexity index is 1030. The van der Waals surface area contributed by atoms with E-state index in [-0.39, 0.29) is 24.0 Å². The number of ether oxygens (including phenoxy) is 2. The van der Waals surface area contributed by atoms with Gasteiger partial charge in [-0.15, -0.1) is 0 Å². The van der Waals surface area contributed by atoms with Crippen LogP contribution in [0.4, 0.5) is 5.69 Å². The third-order valence-electron chi connectivity index (χ3n) is 4.97. The van der Waals surface area contributed by atoms with Crippen LogP contribution in [0.15, 0.2) is 42.5 Å². The molecule has 2 aromatic carbocycles. The van der Waals surface area contributed by atoms with Crippen LogP contribution >= 0.6 is 7.75 Å². The Morgan fingerprint density at radius 1 is 0.806 bits per heavy atom. The Labute approximate surface area is 215 Å². The number of nitrogens with one attached hydrogen (secondary N) is 2. The molecular weight excluding hydrogens is 479 g/mol. The fourth-order valence-electron chi connectivity index (χ4n) is 3.34. The van der Waals surface area contributed by atoms with Crippen molar-refractivity contribution in [3.63, 3.8) is 0 Å². The lowest BCUT2D eigenvalue weighted by molar-refractivity contribution is -0.118. The maximum Gasteiger partial charge on any atom is 0.406 e. The van der Waals surface area contributed by atoms with Crippen LogP contribution in [0.3, 0.4) is 0 Å². The molecule has 0 saturated heterocycles. The summed E-state index contributed by atoms with van der Waals surface area (Å²) in [6.45, 7) is 10.8. The van der Waals surface area contributed by atoms with Crippen LogP contribution in [0.2, 0.25) is 0 Å². The summed E-state index contributed by atoms with van der Waals surface area (Å²) in [4.78, 5) is 13.1. The first-order valence-electron chi connectivity index (χ1n) is 12.0. The number of hydrogen-bond acceptors (Lipinski definition) is 6. The van der Waals surface area contributed by atoms with Crippen LogP contribution in [-0.2, 0) is 18.4 Å². The Kier molecular flexibility index (Phi) is 11.2. The molecule has 8 nitrogen and oxygen atoms in total. The number of hydrogen-bond donors (Lipinski definition) is 2. The van der Waals surface area contributed by atoms with Gasteiger partial charge in [-0.1, -0.05) is 38.1 Å². The minimum Gasteiger partial charge on any atom is -0.497 e. The second-order valence-electron chi connectivity index (χ2n) is 9.25. The first kappa shape index (κ1) is 29.6. The number of anilines is 1. The SMILES string of the molecule is COc1cc(/C=C/c2ccc(NC(=O)[C@@H](NP(=O)(OC(C)C)OC(C)C)C(C)C)cc2)cc(OC)c1.